The first-order valence-corrected chi connectivity index (χ1v) is 15.9. The predicted molar refractivity (Wildman–Crippen MR) is 169 cm³/mol. The Morgan fingerprint density at radius 3 is 2.73 bits per heavy atom. The molecule has 1 aromatic heterocycles. The highest BCUT2D eigenvalue weighted by atomic mass is 19.1. The van der Waals surface area contributed by atoms with E-state index in [0.717, 1.165) is 46.9 Å². The largest absolute Gasteiger partial charge is 0.496 e. The van der Waals surface area contributed by atoms with E-state index in [2.05, 4.69) is 58.1 Å². The van der Waals surface area contributed by atoms with Crippen molar-refractivity contribution in [3.05, 3.63) is 63.7 Å². The van der Waals surface area contributed by atoms with Crippen molar-refractivity contribution in [3.8, 4) is 5.75 Å². The van der Waals surface area contributed by atoms with E-state index in [1.165, 1.54) is 13.2 Å². The Morgan fingerprint density at radius 2 is 1.98 bits per heavy atom. The molecule has 0 bridgehead atoms. The number of benzene rings is 1. The smallest absolute Gasteiger partial charge is 0.260 e. The van der Waals surface area contributed by atoms with Crippen LogP contribution in [-0.2, 0) is 21.0 Å². The van der Waals surface area contributed by atoms with Crippen molar-refractivity contribution in [2.75, 3.05) is 33.9 Å². The molecule has 240 valence electrons. The van der Waals surface area contributed by atoms with E-state index in [1.54, 1.807) is 12.1 Å². The van der Waals surface area contributed by atoms with E-state index in [0.29, 0.717) is 43.2 Å². The van der Waals surface area contributed by atoms with Crippen LogP contribution >= 0.6 is 0 Å². The number of methoxy groups -OCH3 is 1. The quantitative estimate of drug-likeness (QED) is 0.350. The number of likely N-dealkylation sites (N-methyl/N-ethyl adjacent to an activating group) is 1. The third-order valence-corrected chi connectivity index (χ3v) is 9.48. The Bertz CT molecular complexity index is 1630. The Labute approximate surface area is 263 Å². The first kappa shape index (κ1) is 31.0. The number of carbonyl (C=O) groups is 2. The highest BCUT2D eigenvalue weighted by Gasteiger charge is 2.36. The van der Waals surface area contributed by atoms with Gasteiger partial charge in [0.15, 0.2) is 0 Å². The van der Waals surface area contributed by atoms with Gasteiger partial charge in [-0.25, -0.2) is 9.87 Å². The number of nitrogens with one attached hydrogen (secondary N) is 3. The van der Waals surface area contributed by atoms with Gasteiger partial charge in [0.2, 0.25) is 5.91 Å². The fraction of sp³-hybridized carbons (Fsp3) is 0.500. The number of aromatic amines is 1. The molecule has 1 aromatic carbocycles. The molecule has 2 fully saturated rings. The average Bonchev–Trinajstić information content (AvgIpc) is 3.76. The van der Waals surface area contributed by atoms with Crippen molar-refractivity contribution < 1.29 is 23.6 Å². The number of rotatable bonds is 10. The van der Waals surface area contributed by atoms with Crippen molar-refractivity contribution in [1.82, 2.24) is 30.8 Å². The van der Waals surface area contributed by atoms with Gasteiger partial charge in [-0.1, -0.05) is 31.2 Å². The highest BCUT2D eigenvalue weighted by Crippen LogP contribution is 2.30. The number of hydrogen-bond acceptors (Lipinski definition) is 7. The third kappa shape index (κ3) is 6.84. The fourth-order valence-electron chi connectivity index (χ4n) is 6.43. The molecule has 2 amide bonds. The predicted octanol–water partition coefficient (Wildman–Crippen LogP) is 2.22. The number of carbonyl (C=O) groups excluding carboxylic acids is 2. The second-order valence-electron chi connectivity index (χ2n) is 12.8. The van der Waals surface area contributed by atoms with E-state index >= 15 is 0 Å². The normalized spacial score (nSPS) is 24.9. The lowest BCUT2D eigenvalue weighted by Gasteiger charge is -2.39. The van der Waals surface area contributed by atoms with Crippen molar-refractivity contribution in [1.29, 1.82) is 0 Å². The van der Waals surface area contributed by atoms with Crippen molar-refractivity contribution in [2.45, 2.75) is 58.2 Å². The molecule has 2 aliphatic carbocycles. The Kier molecular flexibility index (Phi) is 9.09. The summed E-state index contributed by atoms with van der Waals surface area (Å²) in [5, 5.41) is 12.9. The van der Waals surface area contributed by atoms with Crippen LogP contribution in [0.4, 0.5) is 4.39 Å². The summed E-state index contributed by atoms with van der Waals surface area (Å²) in [6.07, 6.45) is 11.7. The zero-order valence-electron chi connectivity index (χ0n) is 26.4. The monoisotopic (exact) mass is 618 g/mol. The zero-order chi connectivity index (χ0) is 31.7. The molecule has 2 aromatic rings. The second kappa shape index (κ2) is 13.2. The molecule has 6 rings (SSSR count). The summed E-state index contributed by atoms with van der Waals surface area (Å²) >= 11 is 0. The van der Waals surface area contributed by atoms with Crippen LogP contribution in [0.3, 0.4) is 0 Å². The van der Waals surface area contributed by atoms with Crippen molar-refractivity contribution in [3.63, 3.8) is 0 Å². The number of amides is 2. The summed E-state index contributed by atoms with van der Waals surface area (Å²) in [4.78, 5) is 36.6. The summed E-state index contributed by atoms with van der Waals surface area (Å²) in [6.45, 7) is 5.93. The number of allylic oxidation sites excluding steroid dienone is 3. The molecule has 11 heteroatoms. The number of halogens is 1. The molecule has 4 atom stereocenters. The second-order valence-corrected chi connectivity index (χ2v) is 12.8. The molecular weight excluding hydrogens is 575 g/mol. The number of nitrogens with zero attached hydrogens (tertiary/aromatic N) is 3. The van der Waals surface area contributed by atoms with Gasteiger partial charge in [0.1, 0.15) is 11.6 Å². The molecule has 1 saturated carbocycles. The highest BCUT2D eigenvalue weighted by molar-refractivity contribution is 5.87. The lowest BCUT2D eigenvalue weighted by molar-refractivity contribution is -0.141. The SMILES string of the molecule is COc1cccc(F)c1CN1CC(NC(=O)C2C=c3c(C4=CCN(C)C(C)=C4)n[nH]c3=CC2C)CCC1C(=O)NOCC1CC1. The molecule has 2 aliphatic heterocycles. The number of ether oxygens (including phenoxy) is 1. The first-order valence-electron chi connectivity index (χ1n) is 15.9. The minimum atomic E-state index is -0.537. The van der Waals surface area contributed by atoms with E-state index in [4.69, 9.17) is 9.57 Å². The van der Waals surface area contributed by atoms with Gasteiger partial charge >= 0.3 is 0 Å². The molecule has 1 saturated heterocycles. The molecule has 4 aliphatic rings. The van der Waals surface area contributed by atoms with Crippen LogP contribution in [0.2, 0.25) is 0 Å². The maximum atomic E-state index is 15.0. The van der Waals surface area contributed by atoms with Crippen LogP contribution < -0.4 is 26.1 Å². The van der Waals surface area contributed by atoms with E-state index in [-0.39, 0.29) is 36.2 Å². The maximum absolute atomic E-state index is 15.0. The van der Waals surface area contributed by atoms with Gasteiger partial charge in [-0.15, -0.1) is 0 Å². The number of fused-ring (bicyclic) bond motifs is 1. The molecule has 45 heavy (non-hydrogen) atoms. The summed E-state index contributed by atoms with van der Waals surface area (Å²) in [7, 11) is 3.56. The Morgan fingerprint density at radius 1 is 1.16 bits per heavy atom. The fourth-order valence-corrected chi connectivity index (χ4v) is 6.43. The molecule has 10 nitrogen and oxygen atoms in total. The molecule has 0 spiro atoms. The number of aromatic nitrogens is 2. The first-order chi connectivity index (χ1) is 21.7. The van der Waals surface area contributed by atoms with E-state index in [1.807, 2.05) is 17.9 Å². The molecular formula is C34H43FN6O4. The number of H-pyrrole nitrogens is 1. The minimum Gasteiger partial charge on any atom is -0.496 e. The van der Waals surface area contributed by atoms with Gasteiger partial charge in [-0.2, -0.15) is 5.10 Å². The Balaban J connectivity index is 1.19. The minimum absolute atomic E-state index is 0.0425. The van der Waals surface area contributed by atoms with Crippen LogP contribution in [-0.4, -0.2) is 77.7 Å². The number of hydroxylamine groups is 1. The lowest BCUT2D eigenvalue weighted by Crippen LogP contribution is -2.57. The van der Waals surface area contributed by atoms with Gasteiger partial charge in [0.25, 0.3) is 5.91 Å². The summed E-state index contributed by atoms with van der Waals surface area (Å²) < 4.78 is 20.4. The molecule has 3 heterocycles. The van der Waals surface area contributed by atoms with Gasteiger partial charge in [0, 0.05) is 54.8 Å². The summed E-state index contributed by atoms with van der Waals surface area (Å²) in [6, 6.07) is 3.94. The Hall–Kier alpha value is -3.96. The third-order valence-electron chi connectivity index (χ3n) is 9.48. The molecule has 4 unspecified atom stereocenters. The van der Waals surface area contributed by atoms with Crippen LogP contribution in [0.25, 0.3) is 17.7 Å². The average molecular weight is 619 g/mol. The standard InChI is InChI=1S/C34H43FN6O4/c1-20-14-29-26(32(38-37-29)23-12-13-40(3)21(2)15-23)16-25(20)33(42)36-24-10-11-30(34(43)39-45-19-22-8-9-22)41(17-24)18-27-28(35)6-5-7-31(27)44-4/h5-7,12,14-16,20,22,24-25,30,37H,8-11,13,17-19H2,1-4H3,(H,36,42)(H,39,43). The molecule has 0 radical (unpaired) electrons. The lowest BCUT2D eigenvalue weighted by atomic mass is 9.87. The summed E-state index contributed by atoms with van der Waals surface area (Å²) in [5.74, 6) is -0.244. The number of hydrogen-bond donors (Lipinski definition) is 3. The van der Waals surface area contributed by atoms with Gasteiger partial charge < -0.3 is 15.0 Å². The van der Waals surface area contributed by atoms with Crippen LogP contribution in [0.5, 0.6) is 5.75 Å². The van der Waals surface area contributed by atoms with Crippen LogP contribution in [0, 0.1) is 23.6 Å². The topological polar surface area (TPSA) is 112 Å². The van der Waals surface area contributed by atoms with E-state index < -0.39 is 11.9 Å². The van der Waals surface area contributed by atoms with Crippen LogP contribution in [0.15, 0.2) is 36.0 Å². The van der Waals surface area contributed by atoms with Gasteiger partial charge in [-0.3, -0.25) is 24.4 Å². The molecule has 3 N–H and O–H groups in total. The zero-order valence-corrected chi connectivity index (χ0v) is 26.4. The van der Waals surface area contributed by atoms with Crippen molar-refractivity contribution >= 4 is 29.5 Å². The van der Waals surface area contributed by atoms with Gasteiger partial charge in [0.05, 0.1) is 36.7 Å². The van der Waals surface area contributed by atoms with E-state index in [9.17, 15) is 14.0 Å². The maximum Gasteiger partial charge on any atom is 0.260 e. The van der Waals surface area contributed by atoms with Gasteiger partial charge in [-0.05, 0) is 62.7 Å². The van der Waals surface area contributed by atoms with Crippen molar-refractivity contribution in [2.24, 2.45) is 17.8 Å². The summed E-state index contributed by atoms with van der Waals surface area (Å²) in [5.41, 5.74) is 6.03. The number of likely N-dealkylation sites (tertiary alicyclic amines) is 1. The van der Waals surface area contributed by atoms with Crippen LogP contribution in [0.1, 0.15) is 50.8 Å². The number of piperidine rings is 1.